The molecular formula is C23H24ClOP. The van der Waals surface area contributed by atoms with E-state index in [0.29, 0.717) is 6.42 Å². The maximum absolute atomic E-state index is 12.0. The van der Waals surface area contributed by atoms with Crippen molar-refractivity contribution < 1.29 is 17.2 Å². The Morgan fingerprint density at radius 2 is 1.04 bits per heavy atom. The van der Waals surface area contributed by atoms with Crippen LogP contribution >= 0.6 is 7.26 Å². The van der Waals surface area contributed by atoms with Crippen molar-refractivity contribution in [2.45, 2.75) is 25.9 Å². The van der Waals surface area contributed by atoms with Crippen LogP contribution in [0.2, 0.25) is 0 Å². The minimum Gasteiger partial charge on any atom is -1.00 e. The molecule has 0 saturated carbocycles. The number of ketones is 1. The summed E-state index contributed by atoms with van der Waals surface area (Å²) < 4.78 is 0. The number of hydrogen-bond acceptors (Lipinski definition) is 1. The normalized spacial score (nSPS) is 12.1. The van der Waals surface area contributed by atoms with Gasteiger partial charge < -0.3 is 12.4 Å². The Kier molecular flexibility index (Phi) is 7.14. The topological polar surface area (TPSA) is 17.1 Å². The number of carbonyl (C=O) groups excluding carboxylic acids is 1. The van der Waals surface area contributed by atoms with Gasteiger partial charge in [0.1, 0.15) is 29.0 Å². The van der Waals surface area contributed by atoms with Gasteiger partial charge in [0.15, 0.2) is 0 Å². The van der Waals surface area contributed by atoms with Crippen LogP contribution in [0.4, 0.5) is 0 Å². The smallest absolute Gasteiger partial charge is 0.133 e. The fourth-order valence-electron chi connectivity index (χ4n) is 3.75. The summed E-state index contributed by atoms with van der Waals surface area (Å²) in [7, 11) is -1.92. The van der Waals surface area contributed by atoms with Crippen LogP contribution in [-0.4, -0.2) is 11.4 Å². The lowest BCUT2D eigenvalue weighted by Crippen LogP contribution is -3.00. The van der Waals surface area contributed by atoms with E-state index >= 15 is 0 Å². The van der Waals surface area contributed by atoms with Crippen molar-refractivity contribution in [2.75, 3.05) is 0 Å². The van der Waals surface area contributed by atoms with Crippen molar-refractivity contribution in [1.82, 2.24) is 0 Å². The van der Waals surface area contributed by atoms with Crippen LogP contribution in [0.5, 0.6) is 0 Å². The van der Waals surface area contributed by atoms with E-state index in [4.69, 9.17) is 0 Å². The number of halogens is 1. The van der Waals surface area contributed by atoms with Gasteiger partial charge in [0.25, 0.3) is 0 Å². The average Bonchev–Trinajstić information content (AvgIpc) is 2.64. The summed E-state index contributed by atoms with van der Waals surface area (Å²) >= 11 is 0. The van der Waals surface area contributed by atoms with E-state index in [9.17, 15) is 4.79 Å². The van der Waals surface area contributed by atoms with Crippen molar-refractivity contribution >= 4 is 29.0 Å². The lowest BCUT2D eigenvalue weighted by atomic mass is 10.2. The molecule has 0 aromatic heterocycles. The van der Waals surface area contributed by atoms with Gasteiger partial charge in [-0.25, -0.2) is 0 Å². The molecule has 1 nitrogen and oxygen atoms in total. The molecule has 0 spiro atoms. The van der Waals surface area contributed by atoms with Gasteiger partial charge in [-0.1, -0.05) is 54.6 Å². The fraction of sp³-hybridized carbons (Fsp3) is 0.174. The van der Waals surface area contributed by atoms with E-state index < -0.39 is 7.26 Å². The first-order valence-electron chi connectivity index (χ1n) is 8.70. The van der Waals surface area contributed by atoms with Gasteiger partial charge >= 0.3 is 0 Å². The highest BCUT2D eigenvalue weighted by molar-refractivity contribution is 7.96. The third-order valence-corrected chi connectivity index (χ3v) is 9.58. The van der Waals surface area contributed by atoms with Crippen molar-refractivity contribution in [3.05, 3.63) is 91.0 Å². The second-order valence-electron chi connectivity index (χ2n) is 6.48. The molecule has 26 heavy (non-hydrogen) atoms. The summed E-state index contributed by atoms with van der Waals surface area (Å²) in [5.41, 5.74) is 0.247. The second-order valence-corrected chi connectivity index (χ2v) is 10.4. The van der Waals surface area contributed by atoms with E-state index in [-0.39, 0.29) is 23.8 Å². The third-order valence-electron chi connectivity index (χ3n) is 4.73. The maximum atomic E-state index is 12.0. The number of Topliss-reactive ketones (excluding diaryl/α,β-unsaturated/α-hetero) is 1. The molecule has 3 aromatic carbocycles. The molecule has 0 saturated heterocycles. The van der Waals surface area contributed by atoms with E-state index in [1.807, 2.05) is 0 Å². The summed E-state index contributed by atoms with van der Waals surface area (Å²) in [6.45, 7) is 3.94. The molecule has 1 unspecified atom stereocenters. The second kappa shape index (κ2) is 9.12. The lowest BCUT2D eigenvalue weighted by Gasteiger charge is -2.32. The Morgan fingerprint density at radius 3 is 1.31 bits per heavy atom. The van der Waals surface area contributed by atoms with Crippen molar-refractivity contribution in [1.29, 1.82) is 0 Å². The first-order valence-corrected chi connectivity index (χ1v) is 10.6. The molecule has 3 rings (SSSR count). The largest absolute Gasteiger partial charge is 1.00 e. The zero-order valence-corrected chi connectivity index (χ0v) is 16.8. The highest BCUT2D eigenvalue weighted by Gasteiger charge is 2.50. The SMILES string of the molecule is CC(=O)CC(C)[P+](c1ccccc1)(c1ccccc1)c1ccccc1.[Cl-]. The molecule has 0 amide bonds. The Hall–Kier alpha value is -1.95. The van der Waals surface area contributed by atoms with Crippen molar-refractivity contribution in [3.63, 3.8) is 0 Å². The molecule has 3 heteroatoms. The number of benzene rings is 3. The van der Waals surface area contributed by atoms with Crippen LogP contribution in [0.25, 0.3) is 0 Å². The summed E-state index contributed by atoms with van der Waals surface area (Å²) in [6.07, 6.45) is 0.590. The Bertz CT molecular complexity index is 722. The molecule has 0 fully saturated rings. The molecular weight excluding hydrogens is 359 g/mol. The van der Waals surface area contributed by atoms with Gasteiger partial charge in [0.05, 0.1) is 5.66 Å². The van der Waals surface area contributed by atoms with Crippen LogP contribution in [-0.2, 0) is 4.79 Å². The first kappa shape index (κ1) is 20.4. The minimum atomic E-state index is -1.92. The quantitative estimate of drug-likeness (QED) is 0.588. The number of rotatable bonds is 6. The number of carbonyl (C=O) groups is 1. The zero-order valence-electron chi connectivity index (χ0n) is 15.2. The first-order chi connectivity index (χ1) is 12.2. The van der Waals surface area contributed by atoms with Gasteiger partial charge in [0, 0.05) is 6.42 Å². The van der Waals surface area contributed by atoms with Crippen LogP contribution in [0.3, 0.4) is 0 Å². The third kappa shape index (κ3) is 3.90. The molecule has 0 aliphatic heterocycles. The Morgan fingerprint density at radius 1 is 0.731 bits per heavy atom. The van der Waals surface area contributed by atoms with E-state index in [0.717, 1.165) is 0 Å². The van der Waals surface area contributed by atoms with Crippen molar-refractivity contribution in [3.8, 4) is 0 Å². The van der Waals surface area contributed by atoms with E-state index in [1.165, 1.54) is 15.9 Å². The average molecular weight is 383 g/mol. The monoisotopic (exact) mass is 382 g/mol. The summed E-state index contributed by atoms with van der Waals surface area (Å²) in [5, 5.41) is 4.00. The highest BCUT2D eigenvalue weighted by Crippen LogP contribution is 2.60. The summed E-state index contributed by atoms with van der Waals surface area (Å²) in [6, 6.07) is 32.2. The highest BCUT2D eigenvalue weighted by atomic mass is 35.5. The fourth-order valence-corrected chi connectivity index (χ4v) is 8.63. The van der Waals surface area contributed by atoms with Crippen LogP contribution < -0.4 is 28.3 Å². The van der Waals surface area contributed by atoms with E-state index in [2.05, 4.69) is 97.9 Å². The van der Waals surface area contributed by atoms with Crippen molar-refractivity contribution in [2.24, 2.45) is 0 Å². The molecule has 0 aliphatic carbocycles. The Balaban J connectivity index is 0.00000243. The summed E-state index contributed by atoms with van der Waals surface area (Å²) in [5.74, 6) is 0.250. The van der Waals surface area contributed by atoms with Gasteiger partial charge in [-0.2, -0.15) is 0 Å². The molecule has 0 aliphatic rings. The van der Waals surface area contributed by atoms with Crippen LogP contribution in [0.15, 0.2) is 91.0 Å². The van der Waals surface area contributed by atoms with Gasteiger partial charge in [-0.3, -0.25) is 4.79 Å². The molecule has 134 valence electrons. The standard InChI is InChI=1S/C23H24OP.ClH/c1-19(24)18-20(2)25(21-12-6-3-7-13-21,22-14-8-4-9-15-22)23-16-10-5-11-17-23;/h3-17,20H,18H2,1-2H3;1H/q+1;/p-1. The van der Waals surface area contributed by atoms with Gasteiger partial charge in [-0.05, 0) is 50.2 Å². The maximum Gasteiger partial charge on any atom is 0.133 e. The molecule has 0 bridgehead atoms. The van der Waals surface area contributed by atoms with Gasteiger partial charge in [-0.15, -0.1) is 0 Å². The molecule has 1 atom stereocenters. The molecule has 0 radical (unpaired) electrons. The zero-order chi connectivity index (χ0) is 17.7. The molecule has 0 N–H and O–H groups in total. The predicted octanol–water partition coefficient (Wildman–Crippen LogP) is 1.35. The van der Waals surface area contributed by atoms with E-state index in [1.54, 1.807) is 6.92 Å². The minimum absolute atomic E-state index is 0. The Labute approximate surface area is 163 Å². The summed E-state index contributed by atoms with van der Waals surface area (Å²) in [4.78, 5) is 12.0. The van der Waals surface area contributed by atoms with Crippen LogP contribution in [0.1, 0.15) is 20.3 Å². The van der Waals surface area contributed by atoms with Gasteiger partial charge in [0.2, 0.25) is 0 Å². The lowest BCUT2D eigenvalue weighted by molar-refractivity contribution is -0.116. The molecule has 3 aromatic rings. The predicted molar refractivity (Wildman–Crippen MR) is 110 cm³/mol. The molecule has 0 heterocycles. The van der Waals surface area contributed by atoms with Crippen LogP contribution in [0, 0.1) is 0 Å². The number of hydrogen-bond donors (Lipinski definition) is 0.